The van der Waals surface area contributed by atoms with E-state index in [0.717, 1.165) is 11.1 Å². The predicted molar refractivity (Wildman–Crippen MR) is 87.8 cm³/mol. The highest BCUT2D eigenvalue weighted by atomic mass is 35.5. The lowest BCUT2D eigenvalue weighted by molar-refractivity contribution is 0.0773. The predicted octanol–water partition coefficient (Wildman–Crippen LogP) is 4.50. The summed E-state index contributed by atoms with van der Waals surface area (Å²) in [7, 11) is 0. The zero-order valence-corrected chi connectivity index (χ0v) is 13.2. The molecule has 2 aromatic rings. The van der Waals surface area contributed by atoms with E-state index in [9.17, 15) is 4.79 Å². The lowest BCUT2D eigenvalue weighted by Gasteiger charge is -2.19. The normalized spacial score (nSPS) is 12.0. The van der Waals surface area contributed by atoms with Gasteiger partial charge in [0.1, 0.15) is 0 Å². The number of hydrogen-bond acceptors (Lipinski definition) is 1. The van der Waals surface area contributed by atoms with E-state index in [1.807, 2.05) is 73.3 Å². The molecule has 2 rings (SSSR count). The van der Waals surface area contributed by atoms with Gasteiger partial charge in [-0.1, -0.05) is 42.5 Å². The minimum atomic E-state index is -0.240. The number of carbonyl (C=O) groups is 1. The Morgan fingerprint density at radius 1 is 1.00 bits per heavy atom. The molecule has 0 heterocycles. The van der Waals surface area contributed by atoms with Crippen molar-refractivity contribution in [2.75, 3.05) is 13.1 Å². The standard InChI is InChI=1S/C18H20ClNO/c1-3-20(4-2)18(21)16-12-8-11-15(13-16)17(19)14-9-6-5-7-10-14/h5-13,17H,3-4H2,1-2H3/t17-/m0/s1. The lowest BCUT2D eigenvalue weighted by atomic mass is 10.0. The van der Waals surface area contributed by atoms with E-state index in [1.165, 1.54) is 0 Å². The molecule has 21 heavy (non-hydrogen) atoms. The highest BCUT2D eigenvalue weighted by Gasteiger charge is 2.15. The Labute approximate surface area is 131 Å². The number of nitrogens with zero attached hydrogens (tertiary/aromatic N) is 1. The van der Waals surface area contributed by atoms with Crippen molar-refractivity contribution in [2.45, 2.75) is 19.2 Å². The summed E-state index contributed by atoms with van der Waals surface area (Å²) in [5.41, 5.74) is 2.67. The van der Waals surface area contributed by atoms with Crippen LogP contribution in [-0.4, -0.2) is 23.9 Å². The fourth-order valence-electron chi connectivity index (χ4n) is 2.34. The van der Waals surface area contributed by atoms with Crippen LogP contribution in [-0.2, 0) is 0 Å². The van der Waals surface area contributed by atoms with Gasteiger partial charge in [-0.25, -0.2) is 0 Å². The van der Waals surface area contributed by atoms with Gasteiger partial charge in [0.15, 0.2) is 0 Å². The molecule has 1 atom stereocenters. The third kappa shape index (κ3) is 3.64. The Morgan fingerprint density at radius 3 is 2.24 bits per heavy atom. The van der Waals surface area contributed by atoms with Gasteiger partial charge in [0.2, 0.25) is 0 Å². The molecule has 0 aliphatic carbocycles. The van der Waals surface area contributed by atoms with Crippen molar-refractivity contribution in [2.24, 2.45) is 0 Å². The Balaban J connectivity index is 2.27. The molecule has 1 amide bonds. The van der Waals surface area contributed by atoms with E-state index in [4.69, 9.17) is 11.6 Å². The van der Waals surface area contributed by atoms with Crippen molar-refractivity contribution in [3.05, 3.63) is 71.3 Å². The van der Waals surface area contributed by atoms with Crippen LogP contribution in [0, 0.1) is 0 Å². The quantitative estimate of drug-likeness (QED) is 0.745. The van der Waals surface area contributed by atoms with Gasteiger partial charge < -0.3 is 4.90 Å². The second-order valence-electron chi connectivity index (χ2n) is 4.88. The van der Waals surface area contributed by atoms with E-state index in [-0.39, 0.29) is 11.3 Å². The fourth-order valence-corrected chi connectivity index (χ4v) is 2.62. The molecule has 0 saturated heterocycles. The molecule has 0 spiro atoms. The minimum absolute atomic E-state index is 0.0544. The second kappa shape index (κ2) is 7.28. The molecule has 0 bridgehead atoms. The SMILES string of the molecule is CCN(CC)C(=O)c1cccc([C@@H](Cl)c2ccccc2)c1. The Kier molecular flexibility index (Phi) is 5.40. The van der Waals surface area contributed by atoms with Gasteiger partial charge in [-0.05, 0) is 37.1 Å². The Hall–Kier alpha value is -1.80. The van der Waals surface area contributed by atoms with E-state index in [2.05, 4.69) is 0 Å². The lowest BCUT2D eigenvalue weighted by Crippen LogP contribution is -2.30. The van der Waals surface area contributed by atoms with Crippen LogP contribution in [0.2, 0.25) is 0 Å². The number of alkyl halides is 1. The average Bonchev–Trinajstić information content (AvgIpc) is 2.56. The van der Waals surface area contributed by atoms with Gasteiger partial charge in [-0.15, -0.1) is 11.6 Å². The molecule has 0 aliphatic heterocycles. The van der Waals surface area contributed by atoms with Crippen LogP contribution in [0.3, 0.4) is 0 Å². The molecular weight excluding hydrogens is 282 g/mol. The van der Waals surface area contributed by atoms with Crippen molar-refractivity contribution in [3.8, 4) is 0 Å². The molecule has 3 heteroatoms. The fraction of sp³-hybridized carbons (Fsp3) is 0.278. The number of carbonyl (C=O) groups excluding carboxylic acids is 1. The van der Waals surface area contributed by atoms with Gasteiger partial charge in [-0.3, -0.25) is 4.79 Å². The summed E-state index contributed by atoms with van der Waals surface area (Å²) in [6.07, 6.45) is 0. The van der Waals surface area contributed by atoms with Crippen molar-refractivity contribution < 1.29 is 4.79 Å². The van der Waals surface area contributed by atoms with Crippen molar-refractivity contribution in [1.82, 2.24) is 4.90 Å². The first-order chi connectivity index (χ1) is 10.2. The molecule has 0 saturated carbocycles. The summed E-state index contributed by atoms with van der Waals surface area (Å²) in [6, 6.07) is 17.5. The number of amides is 1. The number of rotatable bonds is 5. The largest absolute Gasteiger partial charge is 0.339 e. The summed E-state index contributed by atoms with van der Waals surface area (Å²) in [5, 5.41) is -0.240. The van der Waals surface area contributed by atoms with Crippen LogP contribution < -0.4 is 0 Å². The summed E-state index contributed by atoms with van der Waals surface area (Å²) in [5.74, 6) is 0.0544. The maximum atomic E-state index is 12.4. The van der Waals surface area contributed by atoms with E-state index >= 15 is 0 Å². The van der Waals surface area contributed by atoms with Crippen LogP contribution in [0.4, 0.5) is 0 Å². The highest BCUT2D eigenvalue weighted by molar-refractivity contribution is 6.22. The van der Waals surface area contributed by atoms with E-state index in [1.54, 1.807) is 0 Å². The Bertz CT molecular complexity index is 593. The van der Waals surface area contributed by atoms with Crippen LogP contribution >= 0.6 is 11.6 Å². The third-order valence-electron chi connectivity index (χ3n) is 3.57. The number of benzene rings is 2. The molecule has 2 nitrogen and oxygen atoms in total. The van der Waals surface area contributed by atoms with Gasteiger partial charge >= 0.3 is 0 Å². The maximum absolute atomic E-state index is 12.4. The molecule has 0 aliphatic rings. The smallest absolute Gasteiger partial charge is 0.253 e. The summed E-state index contributed by atoms with van der Waals surface area (Å²) >= 11 is 6.53. The van der Waals surface area contributed by atoms with Gasteiger partial charge in [0, 0.05) is 18.7 Å². The number of hydrogen-bond donors (Lipinski definition) is 0. The molecular formula is C18H20ClNO. The monoisotopic (exact) mass is 301 g/mol. The van der Waals surface area contributed by atoms with Crippen LogP contribution in [0.1, 0.15) is 40.7 Å². The zero-order valence-electron chi connectivity index (χ0n) is 12.4. The van der Waals surface area contributed by atoms with Crippen molar-refractivity contribution >= 4 is 17.5 Å². The summed E-state index contributed by atoms with van der Waals surface area (Å²) in [4.78, 5) is 14.2. The summed E-state index contributed by atoms with van der Waals surface area (Å²) in [6.45, 7) is 5.39. The minimum Gasteiger partial charge on any atom is -0.339 e. The second-order valence-corrected chi connectivity index (χ2v) is 5.31. The first-order valence-corrected chi connectivity index (χ1v) is 7.69. The van der Waals surface area contributed by atoms with E-state index < -0.39 is 0 Å². The zero-order chi connectivity index (χ0) is 15.2. The van der Waals surface area contributed by atoms with Gasteiger partial charge in [0.25, 0.3) is 5.91 Å². The molecule has 0 fully saturated rings. The first-order valence-electron chi connectivity index (χ1n) is 7.25. The Morgan fingerprint density at radius 2 is 1.62 bits per heavy atom. The maximum Gasteiger partial charge on any atom is 0.253 e. The average molecular weight is 302 g/mol. The number of halogens is 1. The molecule has 110 valence electrons. The van der Waals surface area contributed by atoms with Crippen LogP contribution in [0.25, 0.3) is 0 Å². The van der Waals surface area contributed by atoms with Crippen LogP contribution in [0.5, 0.6) is 0 Å². The summed E-state index contributed by atoms with van der Waals surface area (Å²) < 4.78 is 0. The van der Waals surface area contributed by atoms with Crippen LogP contribution in [0.15, 0.2) is 54.6 Å². The van der Waals surface area contributed by atoms with Crippen molar-refractivity contribution in [1.29, 1.82) is 0 Å². The highest BCUT2D eigenvalue weighted by Crippen LogP contribution is 2.29. The van der Waals surface area contributed by atoms with Gasteiger partial charge in [0.05, 0.1) is 5.38 Å². The third-order valence-corrected chi connectivity index (χ3v) is 4.07. The molecule has 0 radical (unpaired) electrons. The van der Waals surface area contributed by atoms with Crippen molar-refractivity contribution in [3.63, 3.8) is 0 Å². The van der Waals surface area contributed by atoms with Gasteiger partial charge in [-0.2, -0.15) is 0 Å². The first kappa shape index (κ1) is 15.6. The molecule has 0 N–H and O–H groups in total. The molecule has 0 aromatic heterocycles. The molecule has 2 aromatic carbocycles. The topological polar surface area (TPSA) is 20.3 Å². The molecule has 0 unspecified atom stereocenters. The van der Waals surface area contributed by atoms with E-state index in [0.29, 0.717) is 18.7 Å².